The smallest absolute Gasteiger partial charge is 0.248 e. The molecule has 3 aromatic carbocycles. The maximum absolute atomic E-state index is 6.37. The first-order chi connectivity index (χ1) is 14.6. The van der Waals surface area contributed by atoms with Crippen LogP contribution < -0.4 is 15.8 Å². The van der Waals surface area contributed by atoms with E-state index in [1.54, 1.807) is 12.1 Å². The number of nitrogens with two attached hydrogens (primary N) is 1. The molecular weight excluding hydrogens is 396 g/mol. The molecular formula is C24H21ClN4O. The van der Waals surface area contributed by atoms with Crippen molar-refractivity contribution >= 4 is 23.1 Å². The average molecular weight is 417 g/mol. The molecule has 0 atom stereocenters. The van der Waals surface area contributed by atoms with E-state index in [1.807, 2.05) is 49.4 Å². The van der Waals surface area contributed by atoms with E-state index in [-0.39, 0.29) is 11.9 Å². The van der Waals surface area contributed by atoms with Gasteiger partial charge >= 0.3 is 0 Å². The zero-order chi connectivity index (χ0) is 20.9. The maximum atomic E-state index is 6.37. The Balaban J connectivity index is 1.66. The quantitative estimate of drug-likeness (QED) is 0.402. The summed E-state index contributed by atoms with van der Waals surface area (Å²) in [5.74, 6) is 1.40. The molecule has 150 valence electrons. The zero-order valence-electron chi connectivity index (χ0n) is 16.4. The Hall–Kier alpha value is -3.57. The van der Waals surface area contributed by atoms with Gasteiger partial charge in [0.25, 0.3) is 0 Å². The van der Waals surface area contributed by atoms with E-state index in [0.717, 1.165) is 16.7 Å². The lowest BCUT2D eigenvalue weighted by Crippen LogP contribution is -2.15. The van der Waals surface area contributed by atoms with E-state index in [0.29, 0.717) is 22.3 Å². The molecule has 0 fully saturated rings. The minimum Gasteiger partial charge on any atom is -0.437 e. The lowest BCUT2D eigenvalue weighted by molar-refractivity contribution is 0.464. The molecule has 0 radical (unpaired) electrons. The summed E-state index contributed by atoms with van der Waals surface area (Å²) in [5, 5.41) is 4.12. The fourth-order valence-electron chi connectivity index (χ4n) is 3.15. The van der Waals surface area contributed by atoms with Gasteiger partial charge in [-0.1, -0.05) is 72.3 Å². The van der Waals surface area contributed by atoms with Crippen molar-refractivity contribution in [3.63, 3.8) is 0 Å². The number of benzene rings is 3. The highest BCUT2D eigenvalue weighted by Crippen LogP contribution is 2.34. The topological polar surface area (TPSA) is 73.1 Å². The van der Waals surface area contributed by atoms with Gasteiger partial charge in [-0.3, -0.25) is 0 Å². The van der Waals surface area contributed by atoms with E-state index < -0.39 is 0 Å². The molecule has 0 saturated heterocycles. The van der Waals surface area contributed by atoms with Crippen molar-refractivity contribution in [3.8, 4) is 11.6 Å². The average Bonchev–Trinajstić information content (AvgIpc) is 2.78. The maximum Gasteiger partial charge on any atom is 0.248 e. The van der Waals surface area contributed by atoms with Crippen LogP contribution in [0.25, 0.3) is 0 Å². The molecule has 0 unspecified atom stereocenters. The first-order valence-corrected chi connectivity index (χ1v) is 9.90. The summed E-state index contributed by atoms with van der Waals surface area (Å²) in [6.07, 6.45) is 1.43. The van der Waals surface area contributed by atoms with Crippen molar-refractivity contribution in [2.24, 2.45) is 0 Å². The molecule has 1 heterocycles. The van der Waals surface area contributed by atoms with Gasteiger partial charge in [-0.15, -0.1) is 0 Å². The van der Waals surface area contributed by atoms with E-state index in [2.05, 4.69) is 39.6 Å². The first kappa shape index (κ1) is 19.7. The third-order valence-electron chi connectivity index (χ3n) is 4.74. The van der Waals surface area contributed by atoms with Crippen LogP contribution in [0, 0.1) is 6.92 Å². The van der Waals surface area contributed by atoms with Gasteiger partial charge in [-0.2, -0.15) is 4.98 Å². The first-order valence-electron chi connectivity index (χ1n) is 9.52. The molecule has 1 aromatic heterocycles. The molecule has 0 aliphatic rings. The number of rotatable bonds is 6. The standard InChI is InChI=1S/C24H21ClN4O/c1-16-14-19(12-13-20(16)25)30-24-21(26)23(27-15-28-24)29-22(17-8-4-2-5-9-17)18-10-6-3-7-11-18/h2-15,22H,26H2,1H3,(H,27,28,29). The second kappa shape index (κ2) is 8.84. The van der Waals surface area contributed by atoms with Crippen LogP contribution in [-0.2, 0) is 0 Å². The van der Waals surface area contributed by atoms with Crippen LogP contribution in [0.1, 0.15) is 22.7 Å². The number of anilines is 2. The third kappa shape index (κ3) is 4.36. The number of nitrogens with zero attached hydrogens (tertiary/aromatic N) is 2. The van der Waals surface area contributed by atoms with E-state index >= 15 is 0 Å². The van der Waals surface area contributed by atoms with Gasteiger partial charge in [0.15, 0.2) is 5.82 Å². The van der Waals surface area contributed by atoms with Gasteiger partial charge < -0.3 is 15.8 Å². The molecule has 0 saturated carbocycles. The minimum atomic E-state index is -0.129. The summed E-state index contributed by atoms with van der Waals surface area (Å²) in [4.78, 5) is 8.56. The van der Waals surface area contributed by atoms with Crippen LogP contribution in [-0.4, -0.2) is 9.97 Å². The molecule has 0 aliphatic heterocycles. The molecule has 30 heavy (non-hydrogen) atoms. The Kier molecular flexibility index (Phi) is 5.82. The van der Waals surface area contributed by atoms with Crippen LogP contribution in [0.3, 0.4) is 0 Å². The zero-order valence-corrected chi connectivity index (χ0v) is 17.2. The van der Waals surface area contributed by atoms with Crippen LogP contribution in [0.5, 0.6) is 11.6 Å². The molecule has 0 aliphatic carbocycles. The fourth-order valence-corrected chi connectivity index (χ4v) is 3.27. The summed E-state index contributed by atoms with van der Waals surface area (Å²) in [7, 11) is 0. The SMILES string of the molecule is Cc1cc(Oc2ncnc(NC(c3ccccc3)c3ccccc3)c2N)ccc1Cl. The normalized spacial score (nSPS) is 10.8. The van der Waals surface area contributed by atoms with Crippen LogP contribution in [0.15, 0.2) is 85.2 Å². The molecule has 0 spiro atoms. The number of halogens is 1. The molecule has 0 bridgehead atoms. The van der Waals surface area contributed by atoms with Crippen molar-refractivity contribution in [1.82, 2.24) is 9.97 Å². The summed E-state index contributed by atoms with van der Waals surface area (Å²) >= 11 is 6.10. The fraction of sp³-hybridized carbons (Fsp3) is 0.0833. The predicted molar refractivity (Wildman–Crippen MR) is 121 cm³/mol. The van der Waals surface area contributed by atoms with Crippen LogP contribution in [0.4, 0.5) is 11.5 Å². The Morgan fingerprint density at radius 2 is 1.53 bits per heavy atom. The lowest BCUT2D eigenvalue weighted by Gasteiger charge is -2.21. The summed E-state index contributed by atoms with van der Waals surface area (Å²) < 4.78 is 5.90. The van der Waals surface area contributed by atoms with Gasteiger partial charge in [0, 0.05) is 5.02 Å². The van der Waals surface area contributed by atoms with Gasteiger partial charge in [-0.05, 0) is 41.8 Å². The Morgan fingerprint density at radius 1 is 0.900 bits per heavy atom. The van der Waals surface area contributed by atoms with Crippen LogP contribution in [0.2, 0.25) is 5.02 Å². The Bertz CT molecular complexity index is 1100. The highest BCUT2D eigenvalue weighted by molar-refractivity contribution is 6.31. The molecule has 3 N–H and O–H groups in total. The molecule has 4 aromatic rings. The third-order valence-corrected chi connectivity index (χ3v) is 5.16. The van der Waals surface area contributed by atoms with Gasteiger partial charge in [0.05, 0.1) is 6.04 Å². The van der Waals surface area contributed by atoms with Crippen molar-refractivity contribution in [2.75, 3.05) is 11.1 Å². The number of aryl methyl sites for hydroxylation is 1. The monoisotopic (exact) mass is 416 g/mol. The molecule has 4 rings (SSSR count). The molecule has 6 heteroatoms. The lowest BCUT2D eigenvalue weighted by atomic mass is 9.99. The largest absolute Gasteiger partial charge is 0.437 e. The predicted octanol–water partition coefficient (Wildman–Crippen LogP) is 6.01. The highest BCUT2D eigenvalue weighted by Gasteiger charge is 2.18. The number of nitrogens with one attached hydrogen (secondary N) is 1. The van der Waals surface area contributed by atoms with Crippen molar-refractivity contribution in [1.29, 1.82) is 0 Å². The number of nitrogen functional groups attached to an aromatic ring is 1. The second-order valence-electron chi connectivity index (χ2n) is 6.85. The summed E-state index contributed by atoms with van der Waals surface area (Å²) in [6, 6.07) is 25.5. The number of ether oxygens (including phenoxy) is 1. The number of hydrogen-bond acceptors (Lipinski definition) is 5. The molecule has 0 amide bonds. The summed E-state index contributed by atoms with van der Waals surface area (Å²) in [5.41, 5.74) is 9.80. The van der Waals surface area contributed by atoms with E-state index in [9.17, 15) is 0 Å². The van der Waals surface area contributed by atoms with E-state index in [4.69, 9.17) is 22.1 Å². The van der Waals surface area contributed by atoms with Crippen LogP contribution >= 0.6 is 11.6 Å². The number of hydrogen-bond donors (Lipinski definition) is 2. The van der Waals surface area contributed by atoms with Gasteiger partial charge in [-0.25, -0.2) is 4.98 Å². The summed E-state index contributed by atoms with van der Waals surface area (Å²) in [6.45, 7) is 1.91. The van der Waals surface area contributed by atoms with Crippen molar-refractivity contribution in [2.45, 2.75) is 13.0 Å². The number of aromatic nitrogens is 2. The van der Waals surface area contributed by atoms with E-state index in [1.165, 1.54) is 6.33 Å². The molecule has 5 nitrogen and oxygen atoms in total. The Labute approximate surface area is 180 Å². The van der Waals surface area contributed by atoms with Crippen molar-refractivity contribution < 1.29 is 4.74 Å². The van der Waals surface area contributed by atoms with Gasteiger partial charge in [0.1, 0.15) is 17.8 Å². The van der Waals surface area contributed by atoms with Gasteiger partial charge in [0.2, 0.25) is 5.88 Å². The van der Waals surface area contributed by atoms with Crippen molar-refractivity contribution in [3.05, 3.63) is 107 Å². The highest BCUT2D eigenvalue weighted by atomic mass is 35.5. The second-order valence-corrected chi connectivity index (χ2v) is 7.26. The Morgan fingerprint density at radius 3 is 2.13 bits per heavy atom. The minimum absolute atomic E-state index is 0.129.